The summed E-state index contributed by atoms with van der Waals surface area (Å²) < 4.78 is 5.50. The van der Waals surface area contributed by atoms with Crippen LogP contribution in [0.2, 0.25) is 0 Å². The van der Waals surface area contributed by atoms with Crippen molar-refractivity contribution < 1.29 is 29.3 Å². The second-order valence-electron chi connectivity index (χ2n) is 8.73. The van der Waals surface area contributed by atoms with Crippen LogP contribution >= 0.6 is 0 Å². The Kier molecular flexibility index (Phi) is 6.37. The Hall–Kier alpha value is -3.39. The van der Waals surface area contributed by atoms with E-state index >= 15 is 0 Å². The molecule has 0 bridgehead atoms. The van der Waals surface area contributed by atoms with Crippen LogP contribution in [0.3, 0.4) is 0 Å². The zero-order valence-corrected chi connectivity index (χ0v) is 18.5. The number of aliphatic carboxylic acids is 1. The van der Waals surface area contributed by atoms with Gasteiger partial charge in [-0.15, -0.1) is 0 Å². The lowest BCUT2D eigenvalue weighted by molar-refractivity contribution is -0.158. The van der Waals surface area contributed by atoms with Gasteiger partial charge >= 0.3 is 12.1 Å². The molecule has 4 rings (SSSR count). The molecule has 2 amide bonds. The first-order valence-electron chi connectivity index (χ1n) is 11.2. The number of rotatable bonds is 8. The van der Waals surface area contributed by atoms with Crippen LogP contribution in [0.5, 0.6) is 0 Å². The third-order valence-corrected chi connectivity index (χ3v) is 6.52. The van der Waals surface area contributed by atoms with Gasteiger partial charge in [-0.2, -0.15) is 0 Å². The van der Waals surface area contributed by atoms with E-state index in [-0.39, 0.29) is 38.5 Å². The third kappa shape index (κ3) is 4.71. The van der Waals surface area contributed by atoms with Gasteiger partial charge in [-0.05, 0) is 35.1 Å². The Bertz CT molecular complexity index is 1020. The van der Waals surface area contributed by atoms with E-state index in [9.17, 15) is 19.5 Å². The van der Waals surface area contributed by atoms with E-state index in [1.165, 1.54) is 4.90 Å². The summed E-state index contributed by atoms with van der Waals surface area (Å²) in [7, 11) is 0. The van der Waals surface area contributed by atoms with Crippen molar-refractivity contribution in [3.05, 3.63) is 59.7 Å². The molecule has 1 heterocycles. The highest BCUT2D eigenvalue weighted by atomic mass is 16.5. The summed E-state index contributed by atoms with van der Waals surface area (Å²) in [5.74, 6) is -1.59. The number of amides is 2. The summed E-state index contributed by atoms with van der Waals surface area (Å²) in [6, 6.07) is 14.9. The van der Waals surface area contributed by atoms with E-state index in [1.807, 2.05) is 55.5 Å². The van der Waals surface area contributed by atoms with E-state index in [4.69, 9.17) is 9.84 Å². The highest BCUT2D eigenvalue weighted by Crippen LogP contribution is 2.44. The van der Waals surface area contributed by atoms with Crippen molar-refractivity contribution in [3.8, 4) is 11.1 Å². The van der Waals surface area contributed by atoms with Crippen molar-refractivity contribution in [2.24, 2.45) is 0 Å². The van der Waals surface area contributed by atoms with Crippen molar-refractivity contribution in [1.29, 1.82) is 0 Å². The minimum Gasteiger partial charge on any atom is -0.481 e. The van der Waals surface area contributed by atoms with Crippen molar-refractivity contribution in [1.82, 2.24) is 10.2 Å². The van der Waals surface area contributed by atoms with Gasteiger partial charge in [-0.3, -0.25) is 9.59 Å². The summed E-state index contributed by atoms with van der Waals surface area (Å²) in [6.07, 6.45) is -0.589. The topological polar surface area (TPSA) is 116 Å². The number of hydrogen-bond donors (Lipinski definition) is 3. The number of fused-ring (bicyclic) bond motifs is 3. The molecule has 1 atom stereocenters. The van der Waals surface area contributed by atoms with Crippen LogP contribution in [0, 0.1) is 0 Å². The third-order valence-electron chi connectivity index (χ3n) is 6.52. The Morgan fingerprint density at radius 3 is 2.21 bits per heavy atom. The first kappa shape index (κ1) is 22.8. The van der Waals surface area contributed by atoms with Crippen LogP contribution in [0.25, 0.3) is 11.1 Å². The molecule has 1 unspecified atom stereocenters. The van der Waals surface area contributed by atoms with Gasteiger partial charge in [0, 0.05) is 12.3 Å². The maximum absolute atomic E-state index is 12.8. The molecular formula is C25H28N2O6. The van der Waals surface area contributed by atoms with E-state index in [0.717, 1.165) is 22.3 Å². The minimum atomic E-state index is -1.06. The lowest BCUT2D eigenvalue weighted by Gasteiger charge is -2.47. The van der Waals surface area contributed by atoms with Gasteiger partial charge in [0.1, 0.15) is 12.6 Å². The molecule has 0 spiro atoms. The molecule has 3 N–H and O–H groups in total. The van der Waals surface area contributed by atoms with Gasteiger partial charge in [0.25, 0.3) is 0 Å². The number of carboxylic acid groups (broad SMARTS) is 1. The summed E-state index contributed by atoms with van der Waals surface area (Å²) >= 11 is 0. The fourth-order valence-electron chi connectivity index (χ4n) is 4.57. The number of aliphatic hydroxyl groups is 1. The van der Waals surface area contributed by atoms with Crippen LogP contribution < -0.4 is 5.32 Å². The monoisotopic (exact) mass is 452 g/mol. The fraction of sp³-hybridized carbons (Fsp3) is 0.400. The lowest BCUT2D eigenvalue weighted by atomic mass is 9.90. The zero-order chi connectivity index (χ0) is 23.6. The van der Waals surface area contributed by atoms with Gasteiger partial charge in [0.05, 0.1) is 18.7 Å². The summed E-state index contributed by atoms with van der Waals surface area (Å²) in [5, 5.41) is 21.8. The maximum atomic E-state index is 12.8. The number of β-amino-alcohol motifs (C(OH)–C–C–N with tert-alkyl or cyclic N) is 1. The summed E-state index contributed by atoms with van der Waals surface area (Å²) in [6.45, 7) is 2.26. The Balaban J connectivity index is 1.40. The number of nitrogens with zero attached hydrogens (tertiary/aromatic N) is 1. The molecule has 174 valence electrons. The number of alkyl carbamates (subject to hydrolysis) is 1. The standard InChI is InChI=1S/C25H28N2O6/c1-2-25(32)14-27(15-25)23(30)21(11-12-22(28)29)26-24(31)33-13-20-18-9-5-3-7-16(18)17-8-4-6-10-19(17)20/h3-10,20-21,32H,2,11-15H2,1H3,(H,26,31)(H,28,29). The van der Waals surface area contributed by atoms with E-state index in [1.54, 1.807) is 0 Å². The molecule has 2 aromatic rings. The van der Waals surface area contributed by atoms with Crippen LogP contribution in [-0.2, 0) is 14.3 Å². The average Bonchev–Trinajstić information content (AvgIpc) is 3.11. The molecule has 1 fully saturated rings. The first-order chi connectivity index (χ1) is 15.8. The summed E-state index contributed by atoms with van der Waals surface area (Å²) in [4.78, 5) is 37.9. The zero-order valence-electron chi connectivity index (χ0n) is 18.5. The maximum Gasteiger partial charge on any atom is 0.407 e. The molecule has 8 nitrogen and oxygen atoms in total. The smallest absolute Gasteiger partial charge is 0.407 e. The molecule has 2 aromatic carbocycles. The molecule has 1 saturated heterocycles. The number of hydrogen-bond acceptors (Lipinski definition) is 5. The van der Waals surface area contributed by atoms with Crippen molar-refractivity contribution in [2.75, 3.05) is 19.7 Å². The number of likely N-dealkylation sites (tertiary alicyclic amines) is 1. The van der Waals surface area contributed by atoms with Crippen LogP contribution in [0.1, 0.15) is 43.2 Å². The number of nitrogens with one attached hydrogen (secondary N) is 1. The molecule has 2 aliphatic rings. The molecule has 1 aliphatic heterocycles. The molecule has 0 aromatic heterocycles. The van der Waals surface area contributed by atoms with Crippen LogP contribution in [-0.4, -0.2) is 64.4 Å². The molecule has 0 radical (unpaired) electrons. The number of carboxylic acids is 1. The van der Waals surface area contributed by atoms with Gasteiger partial charge in [-0.25, -0.2) is 4.79 Å². The predicted octanol–water partition coefficient (Wildman–Crippen LogP) is 2.74. The highest BCUT2D eigenvalue weighted by Gasteiger charge is 2.44. The quantitative estimate of drug-likeness (QED) is 0.567. The number of benzene rings is 2. The van der Waals surface area contributed by atoms with E-state index in [2.05, 4.69) is 5.32 Å². The Labute approximate surface area is 192 Å². The van der Waals surface area contributed by atoms with E-state index in [0.29, 0.717) is 6.42 Å². The van der Waals surface area contributed by atoms with Crippen molar-refractivity contribution in [3.63, 3.8) is 0 Å². The molecule has 1 aliphatic carbocycles. The SMILES string of the molecule is CCC1(O)CN(C(=O)C(CCC(=O)O)NC(=O)OCC2c3ccccc3-c3ccccc32)C1. The molecule has 33 heavy (non-hydrogen) atoms. The Morgan fingerprint density at radius 2 is 1.67 bits per heavy atom. The first-order valence-corrected chi connectivity index (χ1v) is 11.2. The average molecular weight is 453 g/mol. The molecular weight excluding hydrogens is 424 g/mol. The highest BCUT2D eigenvalue weighted by molar-refractivity contribution is 5.87. The normalized spacial score (nSPS) is 16.8. The Morgan fingerprint density at radius 1 is 1.09 bits per heavy atom. The second kappa shape index (κ2) is 9.23. The minimum absolute atomic E-state index is 0.0561. The fourth-order valence-corrected chi connectivity index (χ4v) is 4.57. The van der Waals surface area contributed by atoms with Gasteiger partial charge in [0.15, 0.2) is 0 Å². The van der Waals surface area contributed by atoms with Gasteiger partial charge < -0.3 is 25.2 Å². The van der Waals surface area contributed by atoms with Gasteiger partial charge in [0.2, 0.25) is 5.91 Å². The molecule has 0 saturated carbocycles. The van der Waals surface area contributed by atoms with E-state index < -0.39 is 29.6 Å². The lowest BCUT2D eigenvalue weighted by Crippen LogP contribution is -2.66. The number of carbonyl (C=O) groups excluding carboxylic acids is 2. The van der Waals surface area contributed by atoms with Crippen molar-refractivity contribution in [2.45, 2.75) is 43.7 Å². The molecule has 8 heteroatoms. The van der Waals surface area contributed by atoms with Crippen molar-refractivity contribution >= 4 is 18.0 Å². The van der Waals surface area contributed by atoms with Crippen LogP contribution in [0.15, 0.2) is 48.5 Å². The number of ether oxygens (including phenoxy) is 1. The summed E-state index contributed by atoms with van der Waals surface area (Å²) in [5.41, 5.74) is 3.45. The largest absolute Gasteiger partial charge is 0.481 e. The predicted molar refractivity (Wildman–Crippen MR) is 121 cm³/mol. The van der Waals surface area contributed by atoms with Gasteiger partial charge in [-0.1, -0.05) is 55.5 Å². The van der Waals surface area contributed by atoms with Crippen LogP contribution in [0.4, 0.5) is 4.79 Å². The number of carbonyl (C=O) groups is 3. The second-order valence-corrected chi connectivity index (χ2v) is 8.73.